The van der Waals surface area contributed by atoms with Crippen molar-refractivity contribution in [1.82, 2.24) is 4.90 Å². The van der Waals surface area contributed by atoms with Gasteiger partial charge in [-0.15, -0.1) is 0 Å². The lowest BCUT2D eigenvalue weighted by molar-refractivity contribution is -0.192. The average molecular weight is 167 g/mol. The third-order valence-corrected chi connectivity index (χ3v) is 1.82. The number of hydrogen-bond acceptors (Lipinski definition) is 1. The fraction of sp³-hybridized carbons (Fsp3) is 0.833. The maximum absolute atomic E-state index is 11.7. The third kappa shape index (κ3) is 1.46. The monoisotopic (exact) mass is 167 g/mol. The van der Waals surface area contributed by atoms with Crippen LogP contribution in [0.3, 0.4) is 0 Å². The first-order valence-corrected chi connectivity index (χ1v) is 3.30. The molecule has 1 atom stereocenters. The number of halogens is 3. The van der Waals surface area contributed by atoms with Crippen molar-refractivity contribution in [2.24, 2.45) is 0 Å². The van der Waals surface area contributed by atoms with Crippen LogP contribution in [-0.4, -0.2) is 29.6 Å². The third-order valence-electron chi connectivity index (χ3n) is 1.82. The van der Waals surface area contributed by atoms with Gasteiger partial charge in [-0.2, -0.15) is 13.2 Å². The Labute approximate surface area is 62.0 Å². The molecule has 64 valence electrons. The van der Waals surface area contributed by atoms with Gasteiger partial charge in [-0.05, 0) is 13.3 Å². The van der Waals surface area contributed by atoms with Gasteiger partial charge in [0.25, 0.3) is 0 Å². The van der Waals surface area contributed by atoms with Crippen LogP contribution in [0, 0.1) is 0 Å². The molecule has 1 saturated heterocycles. The summed E-state index contributed by atoms with van der Waals surface area (Å²) in [5.41, 5.74) is 0. The first-order valence-electron chi connectivity index (χ1n) is 3.30. The van der Waals surface area contributed by atoms with Crippen molar-refractivity contribution < 1.29 is 18.0 Å². The minimum atomic E-state index is -4.70. The summed E-state index contributed by atoms with van der Waals surface area (Å²) >= 11 is 0. The summed E-state index contributed by atoms with van der Waals surface area (Å²) in [6.07, 6.45) is -4.03. The summed E-state index contributed by atoms with van der Waals surface area (Å²) in [6, 6.07) is -0.246. The van der Waals surface area contributed by atoms with E-state index in [0.717, 1.165) is 4.90 Å². The van der Waals surface area contributed by atoms with Gasteiger partial charge in [-0.1, -0.05) is 0 Å². The normalized spacial score (nSPS) is 24.7. The molecule has 1 rings (SSSR count). The van der Waals surface area contributed by atoms with E-state index in [1.54, 1.807) is 6.92 Å². The van der Waals surface area contributed by atoms with Crippen LogP contribution in [0.4, 0.5) is 13.2 Å². The summed E-state index contributed by atoms with van der Waals surface area (Å²) in [4.78, 5) is 11.3. The molecule has 1 fully saturated rings. The van der Waals surface area contributed by atoms with E-state index in [1.807, 2.05) is 0 Å². The maximum atomic E-state index is 11.7. The molecule has 1 aliphatic heterocycles. The Morgan fingerprint density at radius 3 is 2.18 bits per heavy atom. The van der Waals surface area contributed by atoms with Crippen LogP contribution in [-0.2, 0) is 4.79 Å². The number of carbonyl (C=O) groups excluding carboxylic acids is 1. The van der Waals surface area contributed by atoms with E-state index in [-0.39, 0.29) is 12.6 Å². The molecular formula is C6H8F3NO. The summed E-state index contributed by atoms with van der Waals surface area (Å²) in [5.74, 6) is -1.71. The molecule has 1 amide bonds. The number of alkyl halides is 3. The Morgan fingerprint density at radius 1 is 1.55 bits per heavy atom. The Balaban J connectivity index is 2.55. The van der Waals surface area contributed by atoms with Crippen LogP contribution in [0.5, 0.6) is 0 Å². The second-order valence-electron chi connectivity index (χ2n) is 2.63. The molecule has 0 bridgehead atoms. The molecule has 0 N–H and O–H groups in total. The van der Waals surface area contributed by atoms with Crippen molar-refractivity contribution >= 4 is 5.91 Å². The van der Waals surface area contributed by atoms with Crippen molar-refractivity contribution in [3.05, 3.63) is 0 Å². The molecule has 2 nitrogen and oxygen atoms in total. The summed E-state index contributed by atoms with van der Waals surface area (Å²) in [6.45, 7) is 1.84. The van der Waals surface area contributed by atoms with Gasteiger partial charge < -0.3 is 4.90 Å². The predicted octanol–water partition coefficient (Wildman–Crippen LogP) is 1.17. The highest BCUT2D eigenvalue weighted by Crippen LogP contribution is 2.25. The molecule has 1 aliphatic rings. The molecule has 1 heterocycles. The van der Waals surface area contributed by atoms with E-state index in [2.05, 4.69) is 0 Å². The van der Waals surface area contributed by atoms with E-state index >= 15 is 0 Å². The minimum absolute atomic E-state index is 0.236. The smallest absolute Gasteiger partial charge is 0.332 e. The molecule has 0 aromatic heterocycles. The van der Waals surface area contributed by atoms with E-state index in [1.165, 1.54) is 0 Å². The first-order chi connectivity index (χ1) is 4.93. The van der Waals surface area contributed by atoms with Crippen LogP contribution in [0.15, 0.2) is 0 Å². The first kappa shape index (κ1) is 8.36. The Morgan fingerprint density at radius 2 is 2.09 bits per heavy atom. The summed E-state index contributed by atoms with van der Waals surface area (Å²) < 4.78 is 35.1. The number of carbonyl (C=O) groups is 1. The molecule has 0 saturated carbocycles. The van der Waals surface area contributed by atoms with Gasteiger partial charge in [0.15, 0.2) is 0 Å². The second-order valence-corrected chi connectivity index (χ2v) is 2.63. The molecular weight excluding hydrogens is 159 g/mol. The zero-order valence-electron chi connectivity index (χ0n) is 5.98. The predicted molar refractivity (Wildman–Crippen MR) is 31.8 cm³/mol. The van der Waals surface area contributed by atoms with Gasteiger partial charge in [0.05, 0.1) is 0 Å². The molecule has 0 aromatic carbocycles. The Hall–Kier alpha value is -0.740. The van der Waals surface area contributed by atoms with E-state index in [9.17, 15) is 18.0 Å². The quantitative estimate of drug-likeness (QED) is 0.530. The number of likely N-dealkylation sites (tertiary alicyclic amines) is 1. The highest BCUT2D eigenvalue weighted by atomic mass is 19.4. The van der Waals surface area contributed by atoms with Gasteiger partial charge in [0, 0.05) is 12.6 Å². The molecule has 0 aromatic rings. The van der Waals surface area contributed by atoms with E-state index in [4.69, 9.17) is 0 Å². The topological polar surface area (TPSA) is 20.3 Å². The number of amides is 1. The lowest BCUT2D eigenvalue weighted by Crippen LogP contribution is -2.54. The van der Waals surface area contributed by atoms with Crippen molar-refractivity contribution in [3.8, 4) is 0 Å². The number of rotatable bonds is 0. The van der Waals surface area contributed by atoms with Crippen LogP contribution < -0.4 is 0 Å². The van der Waals surface area contributed by atoms with E-state index in [0.29, 0.717) is 6.42 Å². The van der Waals surface area contributed by atoms with Crippen LogP contribution in [0.25, 0.3) is 0 Å². The van der Waals surface area contributed by atoms with Crippen LogP contribution in [0.2, 0.25) is 0 Å². The Bertz CT molecular complexity index is 177. The van der Waals surface area contributed by atoms with Gasteiger partial charge in [-0.3, -0.25) is 4.79 Å². The standard InChI is InChI=1S/C6H8F3NO/c1-4-2-3-10(4)5(11)6(7,8)9/h4H,2-3H2,1H3/t4-/m0/s1. The van der Waals surface area contributed by atoms with Crippen molar-refractivity contribution in [3.63, 3.8) is 0 Å². The zero-order valence-corrected chi connectivity index (χ0v) is 5.98. The van der Waals surface area contributed by atoms with Crippen molar-refractivity contribution in [1.29, 1.82) is 0 Å². The minimum Gasteiger partial charge on any atom is -0.332 e. The van der Waals surface area contributed by atoms with Gasteiger partial charge in [0.2, 0.25) is 0 Å². The summed E-state index contributed by atoms with van der Waals surface area (Å²) in [7, 11) is 0. The highest BCUT2D eigenvalue weighted by Gasteiger charge is 2.46. The second kappa shape index (κ2) is 2.39. The summed E-state index contributed by atoms with van der Waals surface area (Å²) in [5, 5.41) is 0. The largest absolute Gasteiger partial charge is 0.471 e. The average Bonchev–Trinajstić information content (AvgIpc) is 1.83. The van der Waals surface area contributed by atoms with Gasteiger partial charge in [-0.25, -0.2) is 0 Å². The lowest BCUT2D eigenvalue weighted by atomic mass is 10.1. The van der Waals surface area contributed by atoms with Crippen molar-refractivity contribution in [2.75, 3.05) is 6.54 Å². The lowest BCUT2D eigenvalue weighted by Gasteiger charge is -2.38. The molecule has 5 heteroatoms. The van der Waals surface area contributed by atoms with Crippen molar-refractivity contribution in [2.45, 2.75) is 25.6 Å². The maximum Gasteiger partial charge on any atom is 0.471 e. The van der Waals surface area contributed by atoms with Gasteiger partial charge in [0.1, 0.15) is 0 Å². The molecule has 11 heavy (non-hydrogen) atoms. The zero-order chi connectivity index (χ0) is 8.65. The molecule has 0 radical (unpaired) electrons. The van der Waals surface area contributed by atoms with Gasteiger partial charge >= 0.3 is 12.1 Å². The fourth-order valence-corrected chi connectivity index (χ4v) is 0.981. The molecule has 0 spiro atoms. The number of hydrogen-bond donors (Lipinski definition) is 0. The SMILES string of the molecule is C[C@H]1CCN1C(=O)C(F)(F)F. The highest BCUT2D eigenvalue weighted by molar-refractivity contribution is 5.82. The Kier molecular flexibility index (Phi) is 1.82. The molecule has 0 aliphatic carbocycles. The van der Waals surface area contributed by atoms with Crippen LogP contribution in [0.1, 0.15) is 13.3 Å². The van der Waals surface area contributed by atoms with E-state index < -0.39 is 12.1 Å². The van der Waals surface area contributed by atoms with Crippen LogP contribution >= 0.6 is 0 Å². The molecule has 0 unspecified atom stereocenters. The fourth-order valence-electron chi connectivity index (χ4n) is 0.981. The number of nitrogens with zero attached hydrogens (tertiary/aromatic N) is 1.